The summed E-state index contributed by atoms with van der Waals surface area (Å²) in [5, 5.41) is 14.8. The van der Waals surface area contributed by atoms with Crippen molar-refractivity contribution in [1.82, 2.24) is 4.98 Å². The minimum absolute atomic E-state index is 1.17. The van der Waals surface area contributed by atoms with Crippen LogP contribution in [0.5, 0.6) is 0 Å². The summed E-state index contributed by atoms with van der Waals surface area (Å²) < 4.78 is 2.23. The Labute approximate surface area is 127 Å². The average molecular weight is 299 g/mol. The molecule has 1 rings (SSSR count). The fourth-order valence-corrected chi connectivity index (χ4v) is 2.24. The molecule has 1 aromatic heterocycles. The minimum Gasteiger partial charge on any atom is -0.356 e. The SMILES string of the molecule is CCCCCCCCCCCC[n+]1cc[nH]c1.O=[N+]([O-])[O-]. The molecule has 0 aliphatic carbocycles. The monoisotopic (exact) mass is 299 g/mol. The Hall–Kier alpha value is -1.59. The lowest BCUT2D eigenvalue weighted by atomic mass is 10.1. The van der Waals surface area contributed by atoms with Gasteiger partial charge in [0, 0.05) is 0 Å². The van der Waals surface area contributed by atoms with Gasteiger partial charge in [0.15, 0.2) is 0 Å². The third-order valence-corrected chi connectivity index (χ3v) is 3.37. The summed E-state index contributed by atoms with van der Waals surface area (Å²) in [5.74, 6) is 0. The van der Waals surface area contributed by atoms with Gasteiger partial charge in [-0.2, -0.15) is 0 Å². The van der Waals surface area contributed by atoms with Crippen molar-refractivity contribution in [3.63, 3.8) is 0 Å². The van der Waals surface area contributed by atoms with Gasteiger partial charge in [0.2, 0.25) is 6.33 Å². The summed E-state index contributed by atoms with van der Waals surface area (Å²) in [4.78, 5) is 11.3. The van der Waals surface area contributed by atoms with Crippen LogP contribution in [-0.2, 0) is 6.54 Å². The van der Waals surface area contributed by atoms with E-state index in [4.69, 9.17) is 15.3 Å². The van der Waals surface area contributed by atoms with Crippen LogP contribution in [0.1, 0.15) is 71.1 Å². The molecule has 0 amide bonds. The predicted octanol–water partition coefficient (Wildman–Crippen LogP) is 3.98. The van der Waals surface area contributed by atoms with Gasteiger partial charge in [-0.1, -0.05) is 58.3 Å². The fourth-order valence-electron chi connectivity index (χ4n) is 2.24. The molecule has 0 saturated carbocycles. The smallest absolute Gasteiger partial charge is 0.241 e. The highest BCUT2D eigenvalue weighted by Crippen LogP contribution is 2.10. The number of aromatic nitrogens is 2. The summed E-state index contributed by atoms with van der Waals surface area (Å²) in [7, 11) is 0. The Balaban J connectivity index is 0.000000885. The number of aromatic amines is 1. The van der Waals surface area contributed by atoms with Crippen molar-refractivity contribution < 1.29 is 9.65 Å². The maximum Gasteiger partial charge on any atom is 0.241 e. The summed E-state index contributed by atoms with van der Waals surface area (Å²) in [6.45, 7) is 3.45. The number of aryl methyl sites for hydroxylation is 1. The van der Waals surface area contributed by atoms with E-state index in [1.54, 1.807) is 0 Å². The van der Waals surface area contributed by atoms with E-state index in [1.807, 2.05) is 12.5 Å². The molecule has 122 valence electrons. The molecule has 0 unspecified atom stereocenters. The number of hydrogen-bond acceptors (Lipinski definition) is 3. The molecule has 6 heteroatoms. The lowest BCUT2D eigenvalue weighted by Crippen LogP contribution is -2.30. The van der Waals surface area contributed by atoms with Crippen molar-refractivity contribution in [2.75, 3.05) is 0 Å². The topological polar surface area (TPSA) is 85.9 Å². The van der Waals surface area contributed by atoms with Crippen molar-refractivity contribution in [2.24, 2.45) is 0 Å². The Bertz CT molecular complexity index is 325. The van der Waals surface area contributed by atoms with E-state index >= 15 is 0 Å². The van der Waals surface area contributed by atoms with E-state index in [-0.39, 0.29) is 0 Å². The molecule has 0 radical (unpaired) electrons. The summed E-state index contributed by atoms with van der Waals surface area (Å²) >= 11 is 0. The van der Waals surface area contributed by atoms with E-state index in [0.717, 1.165) is 0 Å². The van der Waals surface area contributed by atoms with Gasteiger partial charge in [-0.15, -0.1) is 0 Å². The molecule has 1 N–H and O–H groups in total. The number of unbranched alkanes of at least 4 members (excludes halogenated alkanes) is 9. The number of nitrogens with one attached hydrogen (secondary N) is 1. The zero-order chi connectivity index (χ0) is 15.8. The summed E-state index contributed by atoms with van der Waals surface area (Å²) in [6, 6.07) is 0. The molecule has 0 fully saturated rings. The largest absolute Gasteiger partial charge is 0.356 e. The van der Waals surface area contributed by atoms with Gasteiger partial charge in [0.05, 0.1) is 11.6 Å². The third-order valence-electron chi connectivity index (χ3n) is 3.37. The van der Waals surface area contributed by atoms with Crippen LogP contribution in [0.3, 0.4) is 0 Å². The normalized spacial score (nSPS) is 9.95. The van der Waals surface area contributed by atoms with Crippen molar-refractivity contribution in [1.29, 1.82) is 0 Å². The zero-order valence-electron chi connectivity index (χ0n) is 13.1. The first-order valence-electron chi connectivity index (χ1n) is 8.00. The van der Waals surface area contributed by atoms with Crippen molar-refractivity contribution in [3.8, 4) is 0 Å². The number of nitrogens with zero attached hydrogens (tertiary/aromatic N) is 2. The maximum absolute atomic E-state index is 8.25. The van der Waals surface area contributed by atoms with Crippen LogP contribution < -0.4 is 4.57 Å². The Morgan fingerprint density at radius 1 is 0.952 bits per heavy atom. The Kier molecular flexibility index (Phi) is 13.7. The molecule has 0 bridgehead atoms. The number of H-pyrrole nitrogens is 1. The first-order valence-corrected chi connectivity index (χ1v) is 8.00. The maximum atomic E-state index is 8.25. The first kappa shape index (κ1) is 19.4. The van der Waals surface area contributed by atoms with Crippen LogP contribution in [-0.4, -0.2) is 10.1 Å². The van der Waals surface area contributed by atoms with Crippen LogP contribution in [0.4, 0.5) is 0 Å². The van der Waals surface area contributed by atoms with Crippen LogP contribution in [0.15, 0.2) is 18.7 Å². The zero-order valence-corrected chi connectivity index (χ0v) is 13.1. The molecule has 1 heterocycles. The lowest BCUT2D eigenvalue weighted by molar-refractivity contribution is -0.696. The predicted molar refractivity (Wildman–Crippen MR) is 83.2 cm³/mol. The van der Waals surface area contributed by atoms with Gasteiger partial charge in [0.1, 0.15) is 12.4 Å². The van der Waals surface area contributed by atoms with E-state index in [9.17, 15) is 0 Å². The van der Waals surface area contributed by atoms with Gasteiger partial charge >= 0.3 is 0 Å². The van der Waals surface area contributed by atoms with Crippen LogP contribution >= 0.6 is 0 Å². The second-order valence-corrected chi connectivity index (χ2v) is 5.25. The van der Waals surface area contributed by atoms with E-state index in [2.05, 4.69) is 22.7 Å². The van der Waals surface area contributed by atoms with Gasteiger partial charge < -0.3 is 15.3 Å². The van der Waals surface area contributed by atoms with Gasteiger partial charge in [-0.05, 0) is 12.8 Å². The highest BCUT2D eigenvalue weighted by molar-refractivity contribution is 4.55. The van der Waals surface area contributed by atoms with E-state index in [0.29, 0.717) is 0 Å². The van der Waals surface area contributed by atoms with Gasteiger partial charge in [-0.3, -0.25) is 4.98 Å². The highest BCUT2D eigenvalue weighted by atomic mass is 16.9. The molecular formula is C15H29N3O3. The molecule has 21 heavy (non-hydrogen) atoms. The quantitative estimate of drug-likeness (QED) is 0.290. The second-order valence-electron chi connectivity index (χ2n) is 5.25. The van der Waals surface area contributed by atoms with Crippen LogP contribution in [0, 0.1) is 15.3 Å². The van der Waals surface area contributed by atoms with Crippen molar-refractivity contribution in [2.45, 2.75) is 77.7 Å². The lowest BCUT2D eigenvalue weighted by Gasteiger charge is -2.01. The van der Waals surface area contributed by atoms with Crippen LogP contribution in [0.25, 0.3) is 0 Å². The third kappa shape index (κ3) is 16.4. The summed E-state index contributed by atoms with van der Waals surface area (Å²) in [6.07, 6.45) is 20.2. The summed E-state index contributed by atoms with van der Waals surface area (Å²) in [5.41, 5.74) is 0. The van der Waals surface area contributed by atoms with Crippen molar-refractivity contribution >= 4 is 0 Å². The van der Waals surface area contributed by atoms with Crippen LogP contribution in [0.2, 0.25) is 0 Å². The molecule has 0 atom stereocenters. The second kappa shape index (κ2) is 14.8. The molecule has 0 aliphatic heterocycles. The Morgan fingerprint density at radius 2 is 1.43 bits per heavy atom. The molecular weight excluding hydrogens is 270 g/mol. The molecule has 6 nitrogen and oxygen atoms in total. The van der Waals surface area contributed by atoms with Gasteiger partial charge in [-0.25, -0.2) is 4.57 Å². The average Bonchev–Trinajstić information content (AvgIpc) is 2.93. The number of imidazole rings is 1. The van der Waals surface area contributed by atoms with Gasteiger partial charge in [0.25, 0.3) is 0 Å². The molecule has 0 aliphatic rings. The Morgan fingerprint density at radius 3 is 1.86 bits per heavy atom. The highest BCUT2D eigenvalue weighted by Gasteiger charge is 1.96. The minimum atomic E-state index is -1.75. The first-order chi connectivity index (χ1) is 10.2. The fraction of sp³-hybridized carbons (Fsp3) is 0.800. The molecule has 0 aromatic carbocycles. The van der Waals surface area contributed by atoms with Crippen molar-refractivity contribution in [3.05, 3.63) is 34.0 Å². The standard InChI is InChI=1S/C15H28N2.NO3/c1-2-3-4-5-6-7-8-9-10-11-13-17-14-12-16-15-17;2-1(3)4/h12,14-15H,2-11,13H2,1H3;/q;-1/p+1. The molecule has 0 saturated heterocycles. The molecule has 1 aromatic rings. The van der Waals surface area contributed by atoms with E-state index < -0.39 is 5.09 Å². The number of hydrogen-bond donors (Lipinski definition) is 1. The number of rotatable bonds is 11. The van der Waals surface area contributed by atoms with E-state index in [1.165, 1.54) is 70.8 Å². The molecule has 0 spiro atoms.